The normalized spacial score (nSPS) is 26.0. The van der Waals surface area contributed by atoms with Crippen LogP contribution in [0.15, 0.2) is 48.7 Å². The number of carbonyl (C=O) groups excluding carboxylic acids is 1. The summed E-state index contributed by atoms with van der Waals surface area (Å²) >= 11 is 0. The summed E-state index contributed by atoms with van der Waals surface area (Å²) in [6, 6.07) is 14.5. The van der Waals surface area contributed by atoms with Gasteiger partial charge in [-0.15, -0.1) is 0 Å². The third-order valence-corrected chi connectivity index (χ3v) is 5.26. The van der Waals surface area contributed by atoms with Crippen LogP contribution < -0.4 is 4.90 Å². The highest BCUT2D eigenvalue weighted by molar-refractivity contribution is 6.11. The summed E-state index contributed by atoms with van der Waals surface area (Å²) in [5.41, 5.74) is 4.13. The van der Waals surface area contributed by atoms with Gasteiger partial charge >= 0.3 is 0 Å². The van der Waals surface area contributed by atoms with Gasteiger partial charge in [0.05, 0.1) is 17.1 Å². The van der Waals surface area contributed by atoms with Gasteiger partial charge in [0.2, 0.25) is 5.91 Å². The second-order valence-electron chi connectivity index (χ2n) is 6.33. The van der Waals surface area contributed by atoms with E-state index in [-0.39, 0.29) is 17.2 Å². The molecule has 2 aliphatic rings. The van der Waals surface area contributed by atoms with Crippen molar-refractivity contribution in [2.24, 2.45) is 0 Å². The van der Waals surface area contributed by atoms with Gasteiger partial charge in [0.25, 0.3) is 0 Å². The number of aromatic amines is 1. The van der Waals surface area contributed by atoms with E-state index in [0.717, 1.165) is 23.0 Å². The summed E-state index contributed by atoms with van der Waals surface area (Å²) in [7, 11) is 1.88. The molecule has 0 bridgehead atoms. The molecule has 1 spiro atoms. The van der Waals surface area contributed by atoms with Gasteiger partial charge in [-0.1, -0.05) is 30.3 Å². The minimum Gasteiger partial charge on any atom is -0.314 e. The minimum atomic E-state index is -0.348. The van der Waals surface area contributed by atoms with E-state index in [9.17, 15) is 4.79 Å². The minimum absolute atomic E-state index is 0.225. The average Bonchev–Trinajstić information content (AvgIpc) is 3.07. The topological polar surface area (TPSA) is 49.0 Å². The zero-order valence-corrected chi connectivity index (χ0v) is 12.2. The van der Waals surface area contributed by atoms with Crippen molar-refractivity contribution >= 4 is 22.5 Å². The van der Waals surface area contributed by atoms with Crippen LogP contribution in [0.3, 0.4) is 0 Å². The molecule has 4 nitrogen and oxygen atoms in total. The van der Waals surface area contributed by atoms with Crippen LogP contribution in [0, 0.1) is 0 Å². The van der Waals surface area contributed by atoms with Crippen molar-refractivity contribution in [2.75, 3.05) is 11.9 Å². The number of likely N-dealkylation sites (N-methyl/N-ethyl adjacent to an activating group) is 1. The van der Waals surface area contributed by atoms with Gasteiger partial charge in [-0.3, -0.25) is 9.89 Å². The van der Waals surface area contributed by atoms with Gasteiger partial charge in [-0.25, -0.2) is 0 Å². The van der Waals surface area contributed by atoms with Crippen LogP contribution in [0.4, 0.5) is 5.69 Å². The molecule has 22 heavy (non-hydrogen) atoms. The lowest BCUT2D eigenvalue weighted by atomic mass is 9.92. The first-order valence-corrected chi connectivity index (χ1v) is 7.52. The maximum atomic E-state index is 12.8. The van der Waals surface area contributed by atoms with Gasteiger partial charge < -0.3 is 4.90 Å². The van der Waals surface area contributed by atoms with E-state index in [2.05, 4.69) is 34.5 Å². The lowest BCUT2D eigenvalue weighted by Gasteiger charge is -2.11. The Kier molecular flexibility index (Phi) is 2.05. The van der Waals surface area contributed by atoms with E-state index in [1.54, 1.807) is 0 Å². The Bertz CT molecular complexity index is 929. The first-order valence-electron chi connectivity index (χ1n) is 7.52. The van der Waals surface area contributed by atoms with Crippen LogP contribution in [0.2, 0.25) is 0 Å². The number of anilines is 1. The summed E-state index contributed by atoms with van der Waals surface area (Å²) in [5.74, 6) is 0.488. The lowest BCUT2D eigenvalue weighted by molar-refractivity contribution is -0.120. The summed E-state index contributed by atoms with van der Waals surface area (Å²) in [6.07, 6.45) is 2.72. The Labute approximate surface area is 127 Å². The molecule has 5 rings (SSSR count). The number of amides is 1. The van der Waals surface area contributed by atoms with Crippen molar-refractivity contribution < 1.29 is 4.79 Å². The Morgan fingerprint density at radius 3 is 3.05 bits per heavy atom. The van der Waals surface area contributed by atoms with Crippen molar-refractivity contribution in [3.05, 3.63) is 59.8 Å². The maximum Gasteiger partial charge on any atom is 0.238 e. The Hall–Kier alpha value is -2.62. The third-order valence-electron chi connectivity index (χ3n) is 5.26. The van der Waals surface area contributed by atoms with Crippen molar-refractivity contribution in [1.29, 1.82) is 0 Å². The highest BCUT2D eigenvalue weighted by Crippen LogP contribution is 2.66. The zero-order chi connectivity index (χ0) is 14.9. The molecule has 3 aromatic rings. The molecule has 2 heterocycles. The highest BCUT2D eigenvalue weighted by atomic mass is 16.2. The molecule has 1 N–H and O–H groups in total. The first-order chi connectivity index (χ1) is 10.7. The fourth-order valence-electron chi connectivity index (χ4n) is 4.04. The molecule has 2 aromatic carbocycles. The number of H-pyrrole nitrogens is 1. The number of rotatable bonds is 1. The predicted molar refractivity (Wildman–Crippen MR) is 85.0 cm³/mol. The van der Waals surface area contributed by atoms with Crippen molar-refractivity contribution in [3.8, 4) is 0 Å². The van der Waals surface area contributed by atoms with Crippen LogP contribution in [-0.2, 0) is 10.2 Å². The Balaban J connectivity index is 1.64. The number of para-hydroxylation sites is 1. The molecule has 1 saturated carbocycles. The summed E-state index contributed by atoms with van der Waals surface area (Å²) < 4.78 is 0. The smallest absolute Gasteiger partial charge is 0.238 e. The summed E-state index contributed by atoms with van der Waals surface area (Å²) in [5, 5.41) is 8.19. The largest absolute Gasteiger partial charge is 0.314 e. The van der Waals surface area contributed by atoms with E-state index in [1.807, 2.05) is 36.3 Å². The van der Waals surface area contributed by atoms with Gasteiger partial charge in [-0.05, 0) is 29.7 Å². The van der Waals surface area contributed by atoms with E-state index in [1.165, 1.54) is 11.1 Å². The molecule has 0 unspecified atom stereocenters. The predicted octanol–water partition coefficient (Wildman–Crippen LogP) is 2.96. The van der Waals surface area contributed by atoms with Gasteiger partial charge in [0.15, 0.2) is 0 Å². The zero-order valence-electron chi connectivity index (χ0n) is 12.2. The Morgan fingerprint density at radius 2 is 2.14 bits per heavy atom. The highest BCUT2D eigenvalue weighted by Gasteiger charge is 2.66. The average molecular weight is 289 g/mol. The molecule has 1 amide bonds. The monoisotopic (exact) mass is 289 g/mol. The van der Waals surface area contributed by atoms with Crippen LogP contribution in [-0.4, -0.2) is 23.2 Å². The van der Waals surface area contributed by atoms with E-state index in [4.69, 9.17) is 0 Å². The number of fused-ring (bicyclic) bond motifs is 3. The number of carbonyl (C=O) groups is 1. The van der Waals surface area contributed by atoms with Crippen LogP contribution in [0.5, 0.6) is 0 Å². The molecule has 1 fully saturated rings. The molecule has 1 aliphatic heterocycles. The van der Waals surface area contributed by atoms with Crippen LogP contribution >= 0.6 is 0 Å². The molecular formula is C18H15N3O. The number of nitrogens with zero attached hydrogens (tertiary/aromatic N) is 2. The molecular weight excluding hydrogens is 274 g/mol. The van der Waals surface area contributed by atoms with Crippen molar-refractivity contribution in [2.45, 2.75) is 17.8 Å². The molecule has 1 aromatic heterocycles. The first kappa shape index (κ1) is 12.0. The van der Waals surface area contributed by atoms with Crippen LogP contribution in [0.25, 0.3) is 10.9 Å². The Morgan fingerprint density at radius 1 is 1.27 bits per heavy atom. The lowest BCUT2D eigenvalue weighted by Crippen LogP contribution is -2.29. The van der Waals surface area contributed by atoms with Crippen LogP contribution in [0.1, 0.15) is 23.5 Å². The SMILES string of the molecule is CN1C(=O)[C@@]2(C[C@H]2c2ccc3cn[nH]c3c2)c2ccccc21. The molecule has 108 valence electrons. The number of nitrogens with one attached hydrogen (secondary N) is 1. The van der Waals surface area contributed by atoms with Gasteiger partial charge in [0.1, 0.15) is 0 Å². The van der Waals surface area contributed by atoms with Crippen molar-refractivity contribution in [1.82, 2.24) is 10.2 Å². The molecule has 1 aliphatic carbocycles. The molecule has 0 radical (unpaired) electrons. The summed E-state index contributed by atoms with van der Waals surface area (Å²) in [6.45, 7) is 0. The molecule has 0 saturated heterocycles. The quantitative estimate of drug-likeness (QED) is 0.748. The van der Waals surface area contributed by atoms with Gasteiger partial charge in [-0.2, -0.15) is 5.10 Å². The van der Waals surface area contributed by atoms with E-state index >= 15 is 0 Å². The van der Waals surface area contributed by atoms with E-state index < -0.39 is 0 Å². The number of hydrogen-bond acceptors (Lipinski definition) is 2. The van der Waals surface area contributed by atoms with Gasteiger partial charge in [0, 0.05) is 24.0 Å². The second kappa shape index (κ2) is 3.77. The van der Waals surface area contributed by atoms with E-state index in [0.29, 0.717) is 0 Å². The summed E-state index contributed by atoms with van der Waals surface area (Å²) in [4.78, 5) is 14.7. The number of hydrogen-bond donors (Lipinski definition) is 1. The number of benzene rings is 2. The molecule has 4 heteroatoms. The number of aromatic nitrogens is 2. The standard InChI is InChI=1S/C18H15N3O/c1-21-16-5-3-2-4-13(16)18(17(21)22)9-14(18)11-6-7-12-10-19-20-15(12)8-11/h2-8,10,14H,9H2,1H3,(H,19,20)/t14-,18-/m0/s1. The maximum absolute atomic E-state index is 12.8. The third kappa shape index (κ3) is 1.28. The fourth-order valence-corrected chi connectivity index (χ4v) is 4.04. The molecule has 2 atom stereocenters. The van der Waals surface area contributed by atoms with Crippen molar-refractivity contribution in [3.63, 3.8) is 0 Å². The fraction of sp³-hybridized carbons (Fsp3) is 0.222. The second-order valence-corrected chi connectivity index (χ2v) is 6.33.